The molecule has 13 heteroatoms. The van der Waals surface area contributed by atoms with Crippen LogP contribution in [0.2, 0.25) is 0 Å². The van der Waals surface area contributed by atoms with Crippen molar-refractivity contribution in [3.8, 4) is 0 Å². The van der Waals surface area contributed by atoms with Crippen LogP contribution < -0.4 is 5.32 Å². The van der Waals surface area contributed by atoms with Gasteiger partial charge in [0.1, 0.15) is 6.61 Å². The van der Waals surface area contributed by atoms with Gasteiger partial charge in [0.15, 0.2) is 0 Å². The number of carbonyl (C=O) groups excluding carboxylic acids is 1. The molecule has 0 bridgehead atoms. The van der Waals surface area contributed by atoms with E-state index in [0.29, 0.717) is 145 Å². The quantitative estimate of drug-likeness (QED) is 0.0580. The molecular weight excluding hydrogens is 698 g/mol. The Morgan fingerprint density at radius 3 is 1.06 bits per heavy atom. The summed E-state index contributed by atoms with van der Waals surface area (Å²) in [5.74, 6) is -0.130. The Balaban J connectivity index is 1.62. The molecule has 1 fully saturated rings. The summed E-state index contributed by atoms with van der Waals surface area (Å²) < 4.78 is 60.6. The average molecular weight is 780 g/mol. The molecular formula is C41H81NO12. The monoisotopic (exact) mass is 780 g/mol. The maximum Gasteiger partial charge on any atom is 0.305 e. The number of carbonyl (C=O) groups is 1. The van der Waals surface area contributed by atoms with Crippen LogP contribution in [0.1, 0.15) is 110 Å². The van der Waals surface area contributed by atoms with Gasteiger partial charge in [0.05, 0.1) is 132 Å². The van der Waals surface area contributed by atoms with Gasteiger partial charge in [0.25, 0.3) is 0 Å². The van der Waals surface area contributed by atoms with Crippen molar-refractivity contribution in [2.45, 2.75) is 116 Å². The number of ether oxygens (including phenoxy) is 11. The first kappa shape index (κ1) is 51.0. The molecule has 1 N–H and O–H groups in total. The zero-order valence-electron chi connectivity index (χ0n) is 34.3. The summed E-state index contributed by atoms with van der Waals surface area (Å²) in [5.41, 5.74) is 0. The summed E-state index contributed by atoms with van der Waals surface area (Å²) in [4.78, 5) is 11.9. The lowest BCUT2D eigenvalue weighted by Crippen LogP contribution is -2.33. The fraction of sp³-hybridized carbons (Fsp3) is 0.976. The summed E-state index contributed by atoms with van der Waals surface area (Å²) >= 11 is 0. The van der Waals surface area contributed by atoms with Gasteiger partial charge in [-0.3, -0.25) is 4.79 Å². The van der Waals surface area contributed by atoms with E-state index in [-0.39, 0.29) is 5.97 Å². The predicted molar refractivity (Wildman–Crippen MR) is 210 cm³/mol. The molecule has 0 unspecified atom stereocenters. The van der Waals surface area contributed by atoms with E-state index in [2.05, 4.69) is 12.2 Å². The number of rotatable bonds is 45. The maximum atomic E-state index is 11.9. The number of hydrogen-bond donors (Lipinski definition) is 1. The fourth-order valence-corrected chi connectivity index (χ4v) is 5.67. The molecule has 0 atom stereocenters. The Bertz CT molecular complexity index is 732. The van der Waals surface area contributed by atoms with Crippen LogP contribution >= 0.6 is 0 Å². The van der Waals surface area contributed by atoms with E-state index in [0.717, 1.165) is 38.8 Å². The SMILES string of the molecule is CCCCCCCCCCCCCCCC(=O)OCCOCCOCCOCCOCCOCCOCCOCCOCCOCCOC1CCNCC1. The van der Waals surface area contributed by atoms with Gasteiger partial charge in [-0.15, -0.1) is 0 Å². The minimum absolute atomic E-state index is 0.130. The van der Waals surface area contributed by atoms with Gasteiger partial charge in [0.2, 0.25) is 0 Å². The van der Waals surface area contributed by atoms with Crippen LogP contribution in [0.4, 0.5) is 0 Å². The summed E-state index contributed by atoms with van der Waals surface area (Å²) in [6.45, 7) is 14.4. The van der Waals surface area contributed by atoms with Gasteiger partial charge in [-0.2, -0.15) is 0 Å². The van der Waals surface area contributed by atoms with Crippen molar-refractivity contribution in [3.05, 3.63) is 0 Å². The largest absolute Gasteiger partial charge is 0.463 e. The Morgan fingerprint density at radius 1 is 0.407 bits per heavy atom. The highest BCUT2D eigenvalue weighted by Crippen LogP contribution is 2.13. The first-order chi connectivity index (χ1) is 26.8. The second-order valence-electron chi connectivity index (χ2n) is 13.5. The van der Waals surface area contributed by atoms with Crippen molar-refractivity contribution in [3.63, 3.8) is 0 Å². The molecule has 0 aliphatic carbocycles. The summed E-state index contributed by atoms with van der Waals surface area (Å²) in [6, 6.07) is 0. The average Bonchev–Trinajstić information content (AvgIpc) is 3.19. The van der Waals surface area contributed by atoms with E-state index < -0.39 is 0 Å². The van der Waals surface area contributed by atoms with Crippen LogP contribution in [0.25, 0.3) is 0 Å². The second-order valence-corrected chi connectivity index (χ2v) is 13.5. The van der Waals surface area contributed by atoms with Gasteiger partial charge in [0, 0.05) is 6.42 Å². The molecule has 0 aromatic rings. The van der Waals surface area contributed by atoms with Crippen LogP contribution in [-0.2, 0) is 56.9 Å². The van der Waals surface area contributed by atoms with E-state index in [9.17, 15) is 4.79 Å². The normalized spacial score (nSPS) is 13.6. The Labute approximate surface area is 328 Å². The topological polar surface area (TPSA) is 131 Å². The fourth-order valence-electron chi connectivity index (χ4n) is 5.67. The molecule has 13 nitrogen and oxygen atoms in total. The standard InChI is InChI=1S/C41H81NO12/c1-2-3-4-5-6-7-8-9-10-11-12-13-14-15-41(43)54-39-37-52-35-33-50-31-29-48-27-25-46-23-21-44-20-22-45-24-26-47-28-30-49-32-34-51-36-38-53-40-16-18-42-19-17-40/h40,42H,2-39H2,1H3. The first-order valence-corrected chi connectivity index (χ1v) is 21.5. The van der Waals surface area contributed by atoms with Gasteiger partial charge >= 0.3 is 5.97 Å². The van der Waals surface area contributed by atoms with Crippen LogP contribution in [0.5, 0.6) is 0 Å². The third kappa shape index (κ3) is 40.7. The van der Waals surface area contributed by atoms with Crippen molar-refractivity contribution in [2.24, 2.45) is 0 Å². The molecule has 1 aliphatic rings. The molecule has 322 valence electrons. The molecule has 54 heavy (non-hydrogen) atoms. The number of nitrogens with one attached hydrogen (secondary N) is 1. The molecule has 1 heterocycles. The predicted octanol–water partition coefficient (Wildman–Crippen LogP) is 5.93. The molecule has 0 radical (unpaired) electrons. The van der Waals surface area contributed by atoms with Gasteiger partial charge in [-0.1, -0.05) is 84.0 Å². The maximum absolute atomic E-state index is 11.9. The minimum atomic E-state index is -0.130. The molecule has 0 spiro atoms. The van der Waals surface area contributed by atoms with E-state index >= 15 is 0 Å². The van der Waals surface area contributed by atoms with Gasteiger partial charge in [-0.25, -0.2) is 0 Å². The van der Waals surface area contributed by atoms with Gasteiger partial charge < -0.3 is 57.4 Å². The third-order valence-corrected chi connectivity index (χ3v) is 8.82. The summed E-state index contributed by atoms with van der Waals surface area (Å²) in [6.07, 6.45) is 19.9. The Morgan fingerprint density at radius 2 is 0.704 bits per heavy atom. The molecule has 1 aliphatic heterocycles. The van der Waals surface area contributed by atoms with E-state index in [4.69, 9.17) is 52.1 Å². The molecule has 0 saturated carbocycles. The lowest BCUT2D eigenvalue weighted by molar-refractivity contribution is -0.145. The minimum Gasteiger partial charge on any atom is -0.463 e. The molecule has 0 amide bonds. The second kappa shape index (κ2) is 44.7. The van der Waals surface area contributed by atoms with Crippen molar-refractivity contribution in [2.75, 3.05) is 145 Å². The number of esters is 1. The first-order valence-electron chi connectivity index (χ1n) is 21.5. The smallest absolute Gasteiger partial charge is 0.305 e. The highest BCUT2D eigenvalue weighted by molar-refractivity contribution is 5.69. The summed E-state index contributed by atoms with van der Waals surface area (Å²) in [5, 5.41) is 3.33. The van der Waals surface area contributed by atoms with Crippen molar-refractivity contribution in [1.29, 1.82) is 0 Å². The summed E-state index contributed by atoms with van der Waals surface area (Å²) in [7, 11) is 0. The highest BCUT2D eigenvalue weighted by atomic mass is 16.6. The molecule has 1 rings (SSSR count). The zero-order chi connectivity index (χ0) is 38.5. The van der Waals surface area contributed by atoms with Crippen LogP contribution in [0, 0.1) is 0 Å². The van der Waals surface area contributed by atoms with Crippen LogP contribution in [-0.4, -0.2) is 157 Å². The molecule has 1 saturated heterocycles. The lowest BCUT2D eigenvalue weighted by atomic mass is 10.0. The van der Waals surface area contributed by atoms with E-state index in [1.54, 1.807) is 0 Å². The van der Waals surface area contributed by atoms with E-state index in [1.807, 2.05) is 0 Å². The molecule has 0 aromatic carbocycles. The number of hydrogen-bond acceptors (Lipinski definition) is 13. The lowest BCUT2D eigenvalue weighted by Gasteiger charge is -2.22. The number of unbranched alkanes of at least 4 members (excludes halogenated alkanes) is 12. The third-order valence-electron chi connectivity index (χ3n) is 8.82. The highest BCUT2D eigenvalue weighted by Gasteiger charge is 2.12. The zero-order valence-corrected chi connectivity index (χ0v) is 34.3. The van der Waals surface area contributed by atoms with Crippen molar-refractivity contribution < 1.29 is 56.9 Å². The van der Waals surface area contributed by atoms with Crippen LogP contribution in [0.3, 0.4) is 0 Å². The Hall–Kier alpha value is -0.970. The van der Waals surface area contributed by atoms with Gasteiger partial charge in [-0.05, 0) is 32.4 Å². The number of piperidine rings is 1. The Kier molecular flexibility index (Phi) is 42.3. The van der Waals surface area contributed by atoms with E-state index in [1.165, 1.54) is 70.6 Å². The molecule has 0 aromatic heterocycles. The van der Waals surface area contributed by atoms with Crippen LogP contribution in [0.15, 0.2) is 0 Å². The van der Waals surface area contributed by atoms with Crippen molar-refractivity contribution >= 4 is 5.97 Å². The van der Waals surface area contributed by atoms with Crippen molar-refractivity contribution in [1.82, 2.24) is 5.32 Å².